The highest BCUT2D eigenvalue weighted by molar-refractivity contribution is 5.87. The summed E-state index contributed by atoms with van der Waals surface area (Å²) in [4.78, 5) is 11.3. The molecule has 0 spiro atoms. The number of nitrogens with zero attached hydrogens (tertiary/aromatic N) is 1. The van der Waals surface area contributed by atoms with Crippen LogP contribution in [0.5, 0.6) is 0 Å². The van der Waals surface area contributed by atoms with E-state index in [9.17, 15) is 9.90 Å². The molecular formula is C15H17NO2. The minimum atomic E-state index is -0.684. The zero-order valence-corrected chi connectivity index (χ0v) is 10.8. The number of aromatic nitrogens is 1. The molecule has 2 aromatic rings. The SMILES string of the molecule is Cn1ccc2cccc(C3C(C(=O)O)C3(C)C)c21. The van der Waals surface area contributed by atoms with E-state index in [1.54, 1.807) is 0 Å². The van der Waals surface area contributed by atoms with E-state index in [-0.39, 0.29) is 17.3 Å². The van der Waals surface area contributed by atoms with Gasteiger partial charge in [-0.05, 0) is 22.4 Å². The summed E-state index contributed by atoms with van der Waals surface area (Å²) in [7, 11) is 2.01. The fourth-order valence-corrected chi connectivity index (χ4v) is 3.32. The maximum Gasteiger partial charge on any atom is 0.307 e. The molecule has 3 heteroatoms. The van der Waals surface area contributed by atoms with Crippen LogP contribution in [0.25, 0.3) is 10.9 Å². The molecule has 18 heavy (non-hydrogen) atoms. The smallest absolute Gasteiger partial charge is 0.307 e. The topological polar surface area (TPSA) is 42.2 Å². The van der Waals surface area contributed by atoms with Gasteiger partial charge < -0.3 is 9.67 Å². The second-order valence-electron chi connectivity index (χ2n) is 5.83. The molecule has 1 heterocycles. The number of aliphatic carboxylic acids is 1. The average Bonchev–Trinajstić information content (AvgIpc) is 2.67. The summed E-state index contributed by atoms with van der Waals surface area (Å²) in [5.74, 6) is -0.832. The summed E-state index contributed by atoms with van der Waals surface area (Å²) >= 11 is 0. The minimum absolute atomic E-state index is 0.118. The second-order valence-corrected chi connectivity index (χ2v) is 5.83. The summed E-state index contributed by atoms with van der Waals surface area (Å²) < 4.78 is 2.08. The molecule has 3 rings (SSSR count). The Morgan fingerprint density at radius 1 is 1.33 bits per heavy atom. The summed E-state index contributed by atoms with van der Waals surface area (Å²) in [6.45, 7) is 4.08. The van der Waals surface area contributed by atoms with Gasteiger partial charge in [0.25, 0.3) is 0 Å². The summed E-state index contributed by atoms with van der Waals surface area (Å²) in [6.07, 6.45) is 2.03. The maximum atomic E-state index is 11.3. The summed E-state index contributed by atoms with van der Waals surface area (Å²) in [6, 6.07) is 8.23. The van der Waals surface area contributed by atoms with Gasteiger partial charge in [0.2, 0.25) is 0 Å². The number of para-hydroxylation sites is 1. The lowest BCUT2D eigenvalue weighted by Crippen LogP contribution is -2.03. The first-order valence-corrected chi connectivity index (χ1v) is 6.21. The normalized spacial score (nSPS) is 25.3. The number of benzene rings is 1. The number of carboxylic acid groups (broad SMARTS) is 1. The van der Waals surface area contributed by atoms with Crippen LogP contribution in [0.4, 0.5) is 0 Å². The largest absolute Gasteiger partial charge is 0.481 e. The third-order valence-electron chi connectivity index (χ3n) is 4.36. The van der Waals surface area contributed by atoms with Gasteiger partial charge in [-0.25, -0.2) is 0 Å². The molecule has 1 aliphatic rings. The molecule has 0 radical (unpaired) electrons. The van der Waals surface area contributed by atoms with Gasteiger partial charge in [0.15, 0.2) is 0 Å². The summed E-state index contributed by atoms with van der Waals surface area (Å²) in [5, 5.41) is 10.5. The molecule has 1 aliphatic carbocycles. The highest BCUT2D eigenvalue weighted by Crippen LogP contribution is 2.65. The van der Waals surface area contributed by atoms with Crippen molar-refractivity contribution in [1.29, 1.82) is 0 Å². The van der Waals surface area contributed by atoms with Crippen LogP contribution < -0.4 is 0 Å². The first-order chi connectivity index (χ1) is 8.44. The molecule has 0 saturated heterocycles. The number of fused-ring (bicyclic) bond motifs is 1. The molecule has 1 saturated carbocycles. The molecule has 0 aliphatic heterocycles. The first-order valence-electron chi connectivity index (χ1n) is 6.21. The Labute approximate surface area is 106 Å². The Morgan fingerprint density at radius 2 is 2.06 bits per heavy atom. The Balaban J connectivity index is 2.17. The lowest BCUT2D eigenvalue weighted by molar-refractivity contribution is -0.139. The predicted molar refractivity (Wildman–Crippen MR) is 70.6 cm³/mol. The third kappa shape index (κ3) is 1.33. The van der Waals surface area contributed by atoms with Crippen molar-refractivity contribution in [3.63, 3.8) is 0 Å². The summed E-state index contributed by atoms with van der Waals surface area (Å²) in [5.41, 5.74) is 2.18. The Kier molecular flexibility index (Phi) is 2.12. The van der Waals surface area contributed by atoms with Crippen molar-refractivity contribution in [1.82, 2.24) is 4.57 Å². The number of carboxylic acids is 1. The van der Waals surface area contributed by atoms with Crippen molar-refractivity contribution in [2.24, 2.45) is 18.4 Å². The van der Waals surface area contributed by atoms with Gasteiger partial charge in [0, 0.05) is 19.2 Å². The highest BCUT2D eigenvalue weighted by Gasteiger charge is 2.63. The van der Waals surface area contributed by atoms with Crippen molar-refractivity contribution < 1.29 is 9.90 Å². The standard InChI is InChI=1S/C15H17NO2/c1-15(2)11(12(15)14(17)18)10-6-4-5-9-7-8-16(3)13(9)10/h4-8,11-12H,1-3H3,(H,17,18). The van der Waals surface area contributed by atoms with Gasteiger partial charge in [-0.2, -0.15) is 0 Å². The zero-order chi connectivity index (χ0) is 13.1. The number of carbonyl (C=O) groups is 1. The maximum absolute atomic E-state index is 11.3. The number of hydrogen-bond donors (Lipinski definition) is 1. The van der Waals surface area contributed by atoms with Crippen LogP contribution in [0, 0.1) is 11.3 Å². The van der Waals surface area contributed by atoms with Crippen molar-refractivity contribution in [2.75, 3.05) is 0 Å². The van der Waals surface area contributed by atoms with Crippen LogP contribution >= 0.6 is 0 Å². The van der Waals surface area contributed by atoms with Gasteiger partial charge in [0.1, 0.15) is 0 Å². The van der Waals surface area contributed by atoms with E-state index in [1.165, 1.54) is 10.9 Å². The van der Waals surface area contributed by atoms with Crippen molar-refractivity contribution >= 4 is 16.9 Å². The van der Waals surface area contributed by atoms with Crippen LogP contribution in [0.15, 0.2) is 30.5 Å². The molecule has 1 N–H and O–H groups in total. The van der Waals surface area contributed by atoms with Crippen molar-refractivity contribution in [2.45, 2.75) is 19.8 Å². The van der Waals surface area contributed by atoms with E-state index in [0.717, 1.165) is 5.56 Å². The number of hydrogen-bond acceptors (Lipinski definition) is 1. The van der Waals surface area contributed by atoms with Crippen LogP contribution in [-0.2, 0) is 11.8 Å². The van der Waals surface area contributed by atoms with Crippen LogP contribution in [-0.4, -0.2) is 15.6 Å². The first kappa shape index (κ1) is 11.3. The zero-order valence-electron chi connectivity index (χ0n) is 10.8. The highest BCUT2D eigenvalue weighted by atomic mass is 16.4. The van der Waals surface area contributed by atoms with E-state index in [1.807, 2.05) is 33.2 Å². The molecule has 2 atom stereocenters. The predicted octanol–water partition coefficient (Wildman–Crippen LogP) is 3.00. The van der Waals surface area contributed by atoms with Crippen LogP contribution in [0.1, 0.15) is 25.3 Å². The molecule has 2 unspecified atom stereocenters. The fraction of sp³-hybridized carbons (Fsp3) is 0.400. The minimum Gasteiger partial charge on any atom is -0.481 e. The van der Waals surface area contributed by atoms with E-state index in [0.29, 0.717) is 0 Å². The molecule has 0 bridgehead atoms. The van der Waals surface area contributed by atoms with Crippen LogP contribution in [0.3, 0.4) is 0 Å². The molecule has 0 amide bonds. The molecule has 1 fully saturated rings. The lowest BCUT2D eigenvalue weighted by Gasteiger charge is -2.07. The Hall–Kier alpha value is -1.77. The van der Waals surface area contributed by atoms with Crippen molar-refractivity contribution in [3.05, 3.63) is 36.0 Å². The Morgan fingerprint density at radius 3 is 2.67 bits per heavy atom. The monoisotopic (exact) mass is 243 g/mol. The molecule has 3 nitrogen and oxygen atoms in total. The van der Waals surface area contributed by atoms with E-state index in [2.05, 4.69) is 22.8 Å². The molecule has 1 aromatic carbocycles. The third-order valence-corrected chi connectivity index (χ3v) is 4.36. The quantitative estimate of drug-likeness (QED) is 0.881. The van der Waals surface area contributed by atoms with Crippen molar-refractivity contribution in [3.8, 4) is 0 Å². The van der Waals surface area contributed by atoms with E-state index in [4.69, 9.17) is 0 Å². The van der Waals surface area contributed by atoms with Gasteiger partial charge >= 0.3 is 5.97 Å². The van der Waals surface area contributed by atoms with E-state index >= 15 is 0 Å². The van der Waals surface area contributed by atoms with Gasteiger partial charge in [0.05, 0.1) is 11.4 Å². The van der Waals surface area contributed by atoms with Gasteiger partial charge in [-0.15, -0.1) is 0 Å². The molecule has 1 aromatic heterocycles. The Bertz CT molecular complexity index is 639. The van der Waals surface area contributed by atoms with Crippen LogP contribution in [0.2, 0.25) is 0 Å². The fourth-order valence-electron chi connectivity index (χ4n) is 3.32. The van der Waals surface area contributed by atoms with Gasteiger partial charge in [-0.1, -0.05) is 32.0 Å². The van der Waals surface area contributed by atoms with E-state index < -0.39 is 5.97 Å². The average molecular weight is 243 g/mol. The lowest BCUT2D eigenvalue weighted by atomic mass is 10.0. The molecule has 94 valence electrons. The second kappa shape index (κ2) is 3.37. The molecular weight excluding hydrogens is 226 g/mol. The number of aryl methyl sites for hydroxylation is 1. The van der Waals surface area contributed by atoms with Gasteiger partial charge in [-0.3, -0.25) is 4.79 Å². The number of rotatable bonds is 2.